The first-order chi connectivity index (χ1) is 11.6. The number of hydrogen-bond donors (Lipinski definition) is 1. The summed E-state index contributed by atoms with van der Waals surface area (Å²) >= 11 is 5.83. The molecule has 3 rings (SSSR count). The van der Waals surface area contributed by atoms with Crippen molar-refractivity contribution in [3.05, 3.63) is 64.4 Å². The van der Waals surface area contributed by atoms with Crippen molar-refractivity contribution in [2.75, 3.05) is 0 Å². The van der Waals surface area contributed by atoms with Gasteiger partial charge in [-0.05, 0) is 49.7 Å². The summed E-state index contributed by atoms with van der Waals surface area (Å²) in [4.78, 5) is 16.7. The van der Waals surface area contributed by atoms with E-state index in [2.05, 4.69) is 27.0 Å². The van der Waals surface area contributed by atoms with Gasteiger partial charge in [-0.15, -0.1) is 0 Å². The summed E-state index contributed by atoms with van der Waals surface area (Å²) in [6, 6.07) is 12.7. The number of aromatic nitrogens is 2. The minimum Gasteiger partial charge on any atom is -0.329 e. The molecule has 0 saturated heterocycles. The molecule has 0 atom stereocenters. The fourth-order valence-corrected chi connectivity index (χ4v) is 2.70. The molecule has 0 spiro atoms. The molecule has 0 unspecified atom stereocenters. The highest BCUT2D eigenvalue weighted by molar-refractivity contribution is 6.30. The number of hydrazone groups is 1. The first-order valence-electron chi connectivity index (χ1n) is 7.64. The summed E-state index contributed by atoms with van der Waals surface area (Å²) in [6.07, 6.45) is 1.57. The number of amides is 1. The molecule has 3 aromatic rings. The van der Waals surface area contributed by atoms with Gasteiger partial charge >= 0.3 is 0 Å². The maximum Gasteiger partial charge on any atom is 0.271 e. The van der Waals surface area contributed by atoms with E-state index in [0.29, 0.717) is 10.6 Å². The Hall–Kier alpha value is -2.66. The first kappa shape index (κ1) is 16.2. The van der Waals surface area contributed by atoms with Gasteiger partial charge in [0.1, 0.15) is 5.82 Å². The highest BCUT2D eigenvalue weighted by Crippen LogP contribution is 2.17. The molecule has 0 bridgehead atoms. The summed E-state index contributed by atoms with van der Waals surface area (Å²) in [7, 11) is 0. The number of halogens is 1. The molecule has 0 fully saturated rings. The minimum absolute atomic E-state index is 0.272. The molecule has 6 heteroatoms. The molecule has 1 amide bonds. The van der Waals surface area contributed by atoms with Crippen LogP contribution >= 0.6 is 11.6 Å². The van der Waals surface area contributed by atoms with Gasteiger partial charge in [0.05, 0.1) is 17.2 Å². The molecule has 0 radical (unpaired) electrons. The SMILES string of the molecule is CCn1c(C)nc2cc(C(=O)N/N=C/c3ccc(Cl)cc3)ccc21. The Kier molecular flexibility index (Phi) is 4.62. The number of carbonyl (C=O) groups excluding carboxylic acids is 1. The molecule has 0 saturated carbocycles. The van der Waals surface area contributed by atoms with E-state index in [-0.39, 0.29) is 5.91 Å². The van der Waals surface area contributed by atoms with Crippen LogP contribution in [0.3, 0.4) is 0 Å². The van der Waals surface area contributed by atoms with E-state index in [1.54, 1.807) is 30.5 Å². The van der Waals surface area contributed by atoms with Crippen LogP contribution in [0.4, 0.5) is 0 Å². The van der Waals surface area contributed by atoms with Crippen molar-refractivity contribution in [2.45, 2.75) is 20.4 Å². The van der Waals surface area contributed by atoms with Gasteiger partial charge in [0.2, 0.25) is 0 Å². The summed E-state index contributed by atoms with van der Waals surface area (Å²) in [5, 5.41) is 4.63. The summed E-state index contributed by atoms with van der Waals surface area (Å²) in [5.41, 5.74) is 5.74. The molecule has 1 aromatic heterocycles. The van der Waals surface area contributed by atoms with Crippen LogP contribution in [0.5, 0.6) is 0 Å². The lowest BCUT2D eigenvalue weighted by Gasteiger charge is -2.03. The average Bonchev–Trinajstić information content (AvgIpc) is 2.90. The van der Waals surface area contributed by atoms with E-state index in [9.17, 15) is 4.79 Å². The molecule has 0 aliphatic rings. The Morgan fingerprint density at radius 3 is 2.75 bits per heavy atom. The number of benzene rings is 2. The maximum atomic E-state index is 12.2. The Morgan fingerprint density at radius 1 is 1.29 bits per heavy atom. The van der Waals surface area contributed by atoms with Crippen LogP contribution in [-0.4, -0.2) is 21.7 Å². The Morgan fingerprint density at radius 2 is 2.04 bits per heavy atom. The van der Waals surface area contributed by atoms with Crippen molar-refractivity contribution in [1.82, 2.24) is 15.0 Å². The van der Waals surface area contributed by atoms with Crippen LogP contribution in [0.1, 0.15) is 28.7 Å². The molecule has 0 aliphatic heterocycles. The molecule has 5 nitrogen and oxygen atoms in total. The van der Waals surface area contributed by atoms with Crippen molar-refractivity contribution in [3.8, 4) is 0 Å². The number of carbonyl (C=O) groups is 1. The third kappa shape index (κ3) is 3.31. The van der Waals surface area contributed by atoms with Crippen LogP contribution in [0.15, 0.2) is 47.6 Å². The van der Waals surface area contributed by atoms with Crippen molar-refractivity contribution in [1.29, 1.82) is 0 Å². The zero-order valence-corrected chi connectivity index (χ0v) is 14.2. The molecule has 122 valence electrons. The number of rotatable bonds is 4. The second-order valence-corrected chi connectivity index (χ2v) is 5.79. The highest BCUT2D eigenvalue weighted by Gasteiger charge is 2.10. The lowest BCUT2D eigenvalue weighted by atomic mass is 10.2. The van der Waals surface area contributed by atoms with E-state index in [1.165, 1.54) is 0 Å². The molecule has 24 heavy (non-hydrogen) atoms. The van der Waals surface area contributed by atoms with E-state index >= 15 is 0 Å². The zero-order chi connectivity index (χ0) is 17.1. The van der Waals surface area contributed by atoms with E-state index < -0.39 is 0 Å². The summed E-state index contributed by atoms with van der Waals surface area (Å²) in [6.45, 7) is 4.87. The van der Waals surface area contributed by atoms with Crippen molar-refractivity contribution < 1.29 is 4.79 Å². The zero-order valence-electron chi connectivity index (χ0n) is 13.5. The predicted molar refractivity (Wildman–Crippen MR) is 96.7 cm³/mol. The van der Waals surface area contributed by atoms with E-state index in [4.69, 9.17) is 11.6 Å². The second-order valence-electron chi connectivity index (χ2n) is 5.36. The van der Waals surface area contributed by atoms with E-state index in [1.807, 2.05) is 25.1 Å². The Labute approximate surface area is 145 Å². The molecule has 1 heterocycles. The van der Waals surface area contributed by atoms with Gasteiger partial charge < -0.3 is 4.57 Å². The predicted octanol–water partition coefficient (Wildman–Crippen LogP) is 3.78. The number of aryl methyl sites for hydroxylation is 2. The van der Waals surface area contributed by atoms with Gasteiger partial charge in [0.25, 0.3) is 5.91 Å². The lowest BCUT2D eigenvalue weighted by Crippen LogP contribution is -2.17. The van der Waals surface area contributed by atoms with Crippen molar-refractivity contribution >= 4 is 34.8 Å². The normalized spacial score (nSPS) is 11.3. The Balaban J connectivity index is 1.75. The summed E-state index contributed by atoms with van der Waals surface area (Å²) < 4.78 is 2.11. The number of nitrogens with zero attached hydrogens (tertiary/aromatic N) is 3. The number of imidazole rings is 1. The van der Waals surface area contributed by atoms with Gasteiger partial charge in [-0.2, -0.15) is 5.10 Å². The maximum absolute atomic E-state index is 12.2. The van der Waals surface area contributed by atoms with Crippen LogP contribution < -0.4 is 5.43 Å². The molecular weight excluding hydrogens is 324 g/mol. The fourth-order valence-electron chi connectivity index (χ4n) is 2.57. The minimum atomic E-state index is -0.272. The molecule has 2 aromatic carbocycles. The molecule has 1 N–H and O–H groups in total. The van der Waals surface area contributed by atoms with Gasteiger partial charge in [0.15, 0.2) is 0 Å². The van der Waals surface area contributed by atoms with Crippen LogP contribution in [-0.2, 0) is 6.54 Å². The van der Waals surface area contributed by atoms with Crippen LogP contribution in [0, 0.1) is 6.92 Å². The number of nitrogens with one attached hydrogen (secondary N) is 1. The fraction of sp³-hybridized carbons (Fsp3) is 0.167. The third-order valence-electron chi connectivity index (χ3n) is 3.77. The highest BCUT2D eigenvalue weighted by atomic mass is 35.5. The van der Waals surface area contributed by atoms with Crippen molar-refractivity contribution in [3.63, 3.8) is 0 Å². The Bertz CT molecular complexity index is 913. The van der Waals surface area contributed by atoms with Crippen molar-refractivity contribution in [2.24, 2.45) is 5.10 Å². The second kappa shape index (κ2) is 6.84. The molecule has 0 aliphatic carbocycles. The summed E-state index contributed by atoms with van der Waals surface area (Å²) in [5.74, 6) is 0.664. The van der Waals surface area contributed by atoms with Gasteiger partial charge in [-0.3, -0.25) is 4.79 Å². The topological polar surface area (TPSA) is 59.3 Å². The van der Waals surface area contributed by atoms with Gasteiger partial charge in [-0.1, -0.05) is 23.7 Å². The van der Waals surface area contributed by atoms with E-state index in [0.717, 1.165) is 29.0 Å². The van der Waals surface area contributed by atoms with Gasteiger partial charge in [0, 0.05) is 17.1 Å². The standard InChI is InChI=1S/C18H17ClN4O/c1-3-23-12(2)21-16-10-14(6-9-17(16)23)18(24)22-20-11-13-4-7-15(19)8-5-13/h4-11H,3H2,1-2H3,(H,22,24)/b20-11+. The first-order valence-corrected chi connectivity index (χ1v) is 8.02. The quantitative estimate of drug-likeness (QED) is 0.580. The monoisotopic (exact) mass is 340 g/mol. The average molecular weight is 341 g/mol. The smallest absolute Gasteiger partial charge is 0.271 e. The molecular formula is C18H17ClN4O. The lowest BCUT2D eigenvalue weighted by molar-refractivity contribution is 0.0955. The largest absolute Gasteiger partial charge is 0.329 e. The van der Waals surface area contributed by atoms with Crippen LogP contribution in [0.2, 0.25) is 5.02 Å². The van der Waals surface area contributed by atoms with Gasteiger partial charge in [-0.25, -0.2) is 10.4 Å². The number of fused-ring (bicyclic) bond motifs is 1. The van der Waals surface area contributed by atoms with Crippen LogP contribution in [0.25, 0.3) is 11.0 Å². The number of hydrogen-bond acceptors (Lipinski definition) is 3. The third-order valence-corrected chi connectivity index (χ3v) is 4.02.